The first-order chi connectivity index (χ1) is 17.3. The van der Waals surface area contributed by atoms with Crippen molar-refractivity contribution in [2.24, 2.45) is 11.8 Å². The Balaban J connectivity index is 1.06. The van der Waals surface area contributed by atoms with Gasteiger partial charge in [0.2, 0.25) is 5.89 Å². The molecule has 0 aromatic carbocycles. The van der Waals surface area contributed by atoms with Crippen LogP contribution in [0.1, 0.15) is 82.3 Å². The topological polar surface area (TPSA) is 77.7 Å². The molecular formula is C26H40F2N6O2. The van der Waals surface area contributed by atoms with Crippen molar-refractivity contribution in [3.05, 3.63) is 11.7 Å². The molecule has 3 saturated carbocycles. The van der Waals surface area contributed by atoms with E-state index in [1.807, 2.05) is 0 Å². The quantitative estimate of drug-likeness (QED) is 0.657. The van der Waals surface area contributed by atoms with Crippen molar-refractivity contribution in [1.29, 1.82) is 0 Å². The van der Waals surface area contributed by atoms with Crippen LogP contribution in [-0.2, 0) is 0 Å². The summed E-state index contributed by atoms with van der Waals surface area (Å²) in [4.78, 5) is 24.2. The molecule has 36 heavy (non-hydrogen) atoms. The number of urea groups is 1. The van der Waals surface area contributed by atoms with E-state index in [4.69, 9.17) is 4.52 Å². The number of halogens is 2. The van der Waals surface area contributed by atoms with Crippen LogP contribution >= 0.6 is 0 Å². The summed E-state index contributed by atoms with van der Waals surface area (Å²) in [6, 6.07) is -1.30. The summed E-state index contributed by atoms with van der Waals surface area (Å²) >= 11 is 0. The third-order valence-electron chi connectivity index (χ3n) is 9.46. The lowest BCUT2D eigenvalue weighted by molar-refractivity contribution is -0.0971. The second-order valence-electron chi connectivity index (χ2n) is 12.2. The molecule has 1 aromatic heterocycles. The Hall–Kier alpha value is -1.81. The predicted molar refractivity (Wildman–Crippen MR) is 130 cm³/mol. The highest BCUT2D eigenvalue weighted by atomic mass is 19.3. The Kier molecular flexibility index (Phi) is 6.47. The number of fused-ring (bicyclic) bond motifs is 1. The molecule has 0 radical (unpaired) electrons. The van der Waals surface area contributed by atoms with Crippen molar-refractivity contribution in [1.82, 2.24) is 30.2 Å². The van der Waals surface area contributed by atoms with Crippen LogP contribution in [0.15, 0.2) is 4.52 Å². The van der Waals surface area contributed by atoms with E-state index >= 15 is 8.78 Å². The van der Waals surface area contributed by atoms with Crippen molar-refractivity contribution >= 4 is 6.03 Å². The fraction of sp³-hybridized carbons (Fsp3) is 0.885. The van der Waals surface area contributed by atoms with Crippen molar-refractivity contribution in [2.75, 3.05) is 39.3 Å². The second-order valence-corrected chi connectivity index (χ2v) is 12.2. The highest BCUT2D eigenvalue weighted by molar-refractivity contribution is 5.75. The van der Waals surface area contributed by atoms with Gasteiger partial charge in [0.15, 0.2) is 5.82 Å². The van der Waals surface area contributed by atoms with E-state index in [1.54, 1.807) is 4.90 Å². The summed E-state index contributed by atoms with van der Waals surface area (Å²) in [6.45, 7) is 8.92. The molecule has 2 aliphatic heterocycles. The number of rotatable bonds is 5. The molecule has 5 fully saturated rings. The van der Waals surface area contributed by atoms with E-state index in [-0.39, 0.29) is 24.4 Å². The molecule has 10 heteroatoms. The van der Waals surface area contributed by atoms with Gasteiger partial charge in [0, 0.05) is 69.6 Å². The molecule has 2 saturated heterocycles. The summed E-state index contributed by atoms with van der Waals surface area (Å²) in [7, 11) is 0. The molecule has 200 valence electrons. The molecule has 5 atom stereocenters. The Morgan fingerprint density at radius 2 is 1.75 bits per heavy atom. The molecule has 0 bridgehead atoms. The lowest BCUT2D eigenvalue weighted by atomic mass is 9.85. The van der Waals surface area contributed by atoms with Gasteiger partial charge in [0.1, 0.15) is 6.04 Å². The van der Waals surface area contributed by atoms with Crippen LogP contribution in [-0.4, -0.2) is 94.2 Å². The van der Waals surface area contributed by atoms with Crippen molar-refractivity contribution in [2.45, 2.75) is 94.7 Å². The van der Waals surface area contributed by atoms with E-state index in [1.165, 1.54) is 0 Å². The molecular weight excluding hydrogens is 466 g/mol. The zero-order valence-corrected chi connectivity index (χ0v) is 21.5. The standard InChI is InChI=1S/C26H40F2N6O2/c1-16(2)32-8-10-33(11-9-32)21-4-3-7-26(27,28)22(21)29-25(35)34-14-19-12-18(13-20(19)15-34)23-30-24(36-31-23)17-5-6-17/h16-22H,3-15H2,1-2H3,(H,29,35)/t18-,19-,20+,21-,22+/m0/s1. The Labute approximate surface area is 212 Å². The molecule has 8 nitrogen and oxygen atoms in total. The number of hydrogen-bond acceptors (Lipinski definition) is 6. The smallest absolute Gasteiger partial charge is 0.317 e. The molecule has 3 heterocycles. The lowest BCUT2D eigenvalue weighted by Gasteiger charge is -2.47. The first-order valence-electron chi connectivity index (χ1n) is 14.0. The van der Waals surface area contributed by atoms with Crippen LogP contribution in [0.5, 0.6) is 0 Å². The molecule has 0 spiro atoms. The SMILES string of the molecule is CC(C)N1CCN([C@H]2CCCC(F)(F)[C@@H]2NC(=O)N2C[C@H]3C[C@@H](c4noc(C5CC5)n4)C[C@H]3C2)CC1. The lowest BCUT2D eigenvalue weighted by Crippen LogP contribution is -2.65. The number of carbonyl (C=O) groups is 1. The maximum atomic E-state index is 15.2. The van der Waals surface area contributed by atoms with Gasteiger partial charge in [-0.3, -0.25) is 9.80 Å². The van der Waals surface area contributed by atoms with Crippen molar-refractivity contribution in [3.8, 4) is 0 Å². The Morgan fingerprint density at radius 3 is 2.39 bits per heavy atom. The zero-order valence-electron chi connectivity index (χ0n) is 21.5. The summed E-state index contributed by atoms with van der Waals surface area (Å²) in [5.41, 5.74) is 0. The van der Waals surface area contributed by atoms with E-state index in [9.17, 15) is 4.79 Å². The highest BCUT2D eigenvalue weighted by Crippen LogP contribution is 2.47. The highest BCUT2D eigenvalue weighted by Gasteiger charge is 2.51. The maximum Gasteiger partial charge on any atom is 0.317 e. The minimum Gasteiger partial charge on any atom is -0.339 e. The van der Waals surface area contributed by atoms with Gasteiger partial charge in [-0.15, -0.1) is 0 Å². The average Bonchev–Trinajstić information content (AvgIpc) is 3.24. The van der Waals surface area contributed by atoms with E-state index < -0.39 is 12.0 Å². The number of nitrogens with zero attached hydrogens (tertiary/aromatic N) is 5. The third-order valence-corrected chi connectivity index (χ3v) is 9.46. The number of hydrogen-bond donors (Lipinski definition) is 1. The molecule has 2 amide bonds. The van der Waals surface area contributed by atoms with Crippen LogP contribution in [0, 0.1) is 11.8 Å². The first-order valence-corrected chi connectivity index (χ1v) is 14.0. The van der Waals surface area contributed by atoms with E-state index in [2.05, 4.69) is 39.1 Å². The fourth-order valence-electron chi connectivity index (χ4n) is 7.14. The van der Waals surface area contributed by atoms with Gasteiger partial charge >= 0.3 is 6.03 Å². The van der Waals surface area contributed by atoms with Crippen LogP contribution in [0.25, 0.3) is 0 Å². The third kappa shape index (κ3) is 4.75. The number of amides is 2. The van der Waals surface area contributed by atoms with Crippen LogP contribution in [0.4, 0.5) is 13.6 Å². The number of nitrogens with one attached hydrogen (secondary N) is 1. The minimum atomic E-state index is -2.88. The van der Waals surface area contributed by atoms with Gasteiger partial charge < -0.3 is 14.7 Å². The van der Waals surface area contributed by atoms with Gasteiger partial charge in [-0.1, -0.05) is 5.16 Å². The van der Waals surface area contributed by atoms with Crippen LogP contribution < -0.4 is 5.32 Å². The first kappa shape index (κ1) is 24.5. The van der Waals surface area contributed by atoms with Crippen LogP contribution in [0.2, 0.25) is 0 Å². The van der Waals surface area contributed by atoms with Crippen molar-refractivity contribution in [3.63, 3.8) is 0 Å². The summed E-state index contributed by atoms with van der Waals surface area (Å²) < 4.78 is 35.8. The van der Waals surface area contributed by atoms with E-state index in [0.29, 0.717) is 49.7 Å². The number of aromatic nitrogens is 2. The summed E-state index contributed by atoms with van der Waals surface area (Å²) in [5, 5.41) is 7.06. The normalized spacial score (nSPS) is 35.4. The fourth-order valence-corrected chi connectivity index (χ4v) is 7.14. The number of piperazine rings is 1. The maximum absolute atomic E-state index is 15.2. The summed E-state index contributed by atoms with van der Waals surface area (Å²) in [6.07, 6.45) is 5.19. The molecule has 3 aliphatic carbocycles. The molecule has 1 aromatic rings. The Morgan fingerprint density at radius 1 is 1.06 bits per heavy atom. The number of likely N-dealkylation sites (tertiary alicyclic amines) is 1. The summed E-state index contributed by atoms with van der Waals surface area (Å²) in [5.74, 6) is 0.170. The minimum absolute atomic E-state index is 0.152. The van der Waals surface area contributed by atoms with Gasteiger partial charge in [-0.2, -0.15) is 4.98 Å². The van der Waals surface area contributed by atoms with Gasteiger partial charge in [0.25, 0.3) is 5.92 Å². The predicted octanol–water partition coefficient (Wildman–Crippen LogP) is 3.66. The van der Waals surface area contributed by atoms with Crippen LogP contribution in [0.3, 0.4) is 0 Å². The largest absolute Gasteiger partial charge is 0.339 e. The molecule has 6 rings (SSSR count). The number of carbonyl (C=O) groups excluding carboxylic acids is 1. The number of alkyl halides is 2. The van der Waals surface area contributed by atoms with Gasteiger partial charge in [-0.25, -0.2) is 13.6 Å². The Bertz CT molecular complexity index is 931. The van der Waals surface area contributed by atoms with E-state index in [0.717, 1.165) is 63.6 Å². The molecule has 5 aliphatic rings. The van der Waals surface area contributed by atoms with Crippen molar-refractivity contribution < 1.29 is 18.1 Å². The van der Waals surface area contributed by atoms with Gasteiger partial charge in [-0.05, 0) is 64.2 Å². The molecule has 1 N–H and O–H groups in total. The average molecular weight is 507 g/mol. The second kappa shape index (κ2) is 9.49. The monoisotopic (exact) mass is 506 g/mol. The van der Waals surface area contributed by atoms with Gasteiger partial charge in [0.05, 0.1) is 0 Å². The molecule has 0 unspecified atom stereocenters. The zero-order chi connectivity index (χ0) is 25.0.